The number of carbonyl (C=O) groups excluding carboxylic acids is 1. The Hall–Kier alpha value is -1.26. The second-order valence-electron chi connectivity index (χ2n) is 7.20. The first-order valence-electron chi connectivity index (χ1n) is 8.34. The Labute approximate surface area is 126 Å². The summed E-state index contributed by atoms with van der Waals surface area (Å²) in [5.74, 6) is -0.606. The normalized spacial score (nSPS) is 25.7. The summed E-state index contributed by atoms with van der Waals surface area (Å²) in [6.45, 7) is 3.01. The molecule has 2 amide bonds. The van der Waals surface area contributed by atoms with Crippen molar-refractivity contribution in [3.05, 3.63) is 0 Å². The molecule has 0 atom stereocenters. The van der Waals surface area contributed by atoms with Crippen LogP contribution in [-0.4, -0.2) is 53.1 Å². The van der Waals surface area contributed by atoms with Crippen molar-refractivity contribution in [3.63, 3.8) is 0 Å². The lowest BCUT2D eigenvalue weighted by Crippen LogP contribution is -2.57. The van der Waals surface area contributed by atoms with E-state index in [0.717, 1.165) is 25.9 Å². The van der Waals surface area contributed by atoms with Gasteiger partial charge in [-0.15, -0.1) is 0 Å². The van der Waals surface area contributed by atoms with E-state index >= 15 is 0 Å². The third-order valence-corrected chi connectivity index (χ3v) is 5.70. The van der Waals surface area contributed by atoms with Crippen LogP contribution in [0.3, 0.4) is 0 Å². The van der Waals surface area contributed by atoms with Gasteiger partial charge in [-0.1, -0.05) is 19.3 Å². The van der Waals surface area contributed by atoms with Gasteiger partial charge in [0.05, 0.1) is 6.42 Å². The van der Waals surface area contributed by atoms with Crippen molar-refractivity contribution in [1.29, 1.82) is 0 Å². The van der Waals surface area contributed by atoms with Crippen LogP contribution in [0.2, 0.25) is 0 Å². The van der Waals surface area contributed by atoms with Gasteiger partial charge in [0.25, 0.3) is 0 Å². The fourth-order valence-corrected chi connectivity index (χ4v) is 4.28. The van der Waals surface area contributed by atoms with Crippen LogP contribution in [0.5, 0.6) is 0 Å². The molecule has 5 nitrogen and oxygen atoms in total. The van der Waals surface area contributed by atoms with Gasteiger partial charge in [-0.25, -0.2) is 4.79 Å². The summed E-state index contributed by atoms with van der Waals surface area (Å²) in [4.78, 5) is 26.8. The Morgan fingerprint density at radius 1 is 0.952 bits per heavy atom. The van der Waals surface area contributed by atoms with Crippen LogP contribution in [0.15, 0.2) is 0 Å². The zero-order valence-electron chi connectivity index (χ0n) is 12.7. The molecule has 2 saturated heterocycles. The highest BCUT2D eigenvalue weighted by molar-refractivity contribution is 5.76. The number of rotatable bonds is 2. The number of carbonyl (C=O) groups is 2. The van der Waals surface area contributed by atoms with Gasteiger partial charge in [0, 0.05) is 32.1 Å². The van der Waals surface area contributed by atoms with Gasteiger partial charge in [-0.2, -0.15) is 0 Å². The van der Waals surface area contributed by atoms with Crippen LogP contribution in [0.4, 0.5) is 4.79 Å². The van der Waals surface area contributed by atoms with E-state index in [9.17, 15) is 9.59 Å². The Balaban J connectivity index is 1.44. The summed E-state index contributed by atoms with van der Waals surface area (Å²) in [6, 6.07) is 0.127. The van der Waals surface area contributed by atoms with E-state index in [-0.39, 0.29) is 18.4 Å². The number of carboxylic acids is 1. The lowest BCUT2D eigenvalue weighted by Gasteiger charge is -2.47. The molecular weight excluding hydrogens is 268 g/mol. The molecule has 1 spiro atoms. The minimum Gasteiger partial charge on any atom is -0.481 e. The van der Waals surface area contributed by atoms with Crippen LogP contribution >= 0.6 is 0 Å². The number of amides is 2. The highest BCUT2D eigenvalue weighted by Gasteiger charge is 2.39. The first-order chi connectivity index (χ1) is 10.1. The van der Waals surface area contributed by atoms with Crippen LogP contribution in [0.25, 0.3) is 0 Å². The van der Waals surface area contributed by atoms with Gasteiger partial charge >= 0.3 is 12.0 Å². The molecule has 0 aromatic rings. The van der Waals surface area contributed by atoms with Gasteiger partial charge in [-0.05, 0) is 31.1 Å². The molecule has 21 heavy (non-hydrogen) atoms. The molecule has 0 radical (unpaired) electrons. The number of aliphatic carboxylic acids is 1. The molecule has 118 valence electrons. The molecular formula is C16H26N2O3. The molecule has 1 N–H and O–H groups in total. The maximum atomic E-state index is 12.4. The highest BCUT2D eigenvalue weighted by atomic mass is 16.4. The van der Waals surface area contributed by atoms with Gasteiger partial charge in [0.2, 0.25) is 0 Å². The summed E-state index contributed by atoms with van der Waals surface area (Å²) in [5, 5.41) is 8.75. The number of hydrogen-bond donors (Lipinski definition) is 1. The van der Waals surface area contributed by atoms with E-state index in [1.54, 1.807) is 0 Å². The summed E-state index contributed by atoms with van der Waals surface area (Å²) in [6.07, 6.45) is 9.29. The number of carboxylic acid groups (broad SMARTS) is 1. The SMILES string of the molecule is O=C(O)CC1CN(C(=O)N2CCC3(CCCCC3)CC2)C1. The number of nitrogens with zero attached hydrogens (tertiary/aromatic N) is 2. The molecule has 3 rings (SSSR count). The van der Waals surface area contributed by atoms with E-state index in [2.05, 4.69) is 0 Å². The minimum atomic E-state index is -0.760. The van der Waals surface area contributed by atoms with Crippen molar-refractivity contribution in [2.24, 2.45) is 11.3 Å². The smallest absolute Gasteiger partial charge is 0.320 e. The molecule has 3 aliphatic rings. The number of likely N-dealkylation sites (tertiary alicyclic amines) is 2. The van der Waals surface area contributed by atoms with Gasteiger partial charge in [-0.3, -0.25) is 4.79 Å². The monoisotopic (exact) mass is 294 g/mol. The molecule has 0 aromatic heterocycles. The lowest BCUT2D eigenvalue weighted by atomic mass is 9.68. The van der Waals surface area contributed by atoms with Crippen molar-refractivity contribution >= 4 is 12.0 Å². The lowest BCUT2D eigenvalue weighted by molar-refractivity contribution is -0.139. The van der Waals surface area contributed by atoms with E-state index < -0.39 is 5.97 Å². The van der Waals surface area contributed by atoms with E-state index in [1.165, 1.54) is 32.1 Å². The van der Waals surface area contributed by atoms with Crippen molar-refractivity contribution in [3.8, 4) is 0 Å². The number of hydrogen-bond acceptors (Lipinski definition) is 2. The third-order valence-electron chi connectivity index (χ3n) is 5.70. The van der Waals surface area contributed by atoms with Gasteiger partial charge < -0.3 is 14.9 Å². The molecule has 0 aromatic carbocycles. The molecule has 5 heteroatoms. The quantitative estimate of drug-likeness (QED) is 0.851. The number of urea groups is 1. The Bertz CT molecular complexity index is 402. The molecule has 2 heterocycles. The topological polar surface area (TPSA) is 60.9 Å². The maximum absolute atomic E-state index is 12.4. The van der Waals surface area contributed by atoms with Gasteiger partial charge in [0.15, 0.2) is 0 Å². The average molecular weight is 294 g/mol. The van der Waals surface area contributed by atoms with Crippen molar-refractivity contribution in [2.45, 2.75) is 51.4 Å². The van der Waals surface area contributed by atoms with E-state index in [1.807, 2.05) is 9.80 Å². The summed E-state index contributed by atoms with van der Waals surface area (Å²) < 4.78 is 0. The second-order valence-corrected chi connectivity index (χ2v) is 7.20. The minimum absolute atomic E-state index is 0.127. The predicted molar refractivity (Wildman–Crippen MR) is 79.0 cm³/mol. The summed E-state index contributed by atoms with van der Waals surface area (Å²) in [5.41, 5.74) is 0.524. The Morgan fingerprint density at radius 3 is 2.14 bits per heavy atom. The highest BCUT2D eigenvalue weighted by Crippen LogP contribution is 2.44. The molecule has 2 aliphatic heterocycles. The molecule has 1 aliphatic carbocycles. The van der Waals surface area contributed by atoms with Gasteiger partial charge in [0.1, 0.15) is 0 Å². The van der Waals surface area contributed by atoms with Crippen LogP contribution < -0.4 is 0 Å². The fraction of sp³-hybridized carbons (Fsp3) is 0.875. The van der Waals surface area contributed by atoms with Crippen LogP contribution in [0.1, 0.15) is 51.4 Å². The van der Waals surface area contributed by atoms with Crippen molar-refractivity contribution in [1.82, 2.24) is 9.80 Å². The first kappa shape index (κ1) is 14.7. The second kappa shape index (κ2) is 5.85. The summed E-state index contributed by atoms with van der Waals surface area (Å²) >= 11 is 0. The van der Waals surface area contributed by atoms with E-state index in [0.29, 0.717) is 18.5 Å². The molecule has 0 bridgehead atoms. The molecule has 1 saturated carbocycles. The molecule has 3 fully saturated rings. The first-order valence-corrected chi connectivity index (χ1v) is 8.34. The zero-order valence-corrected chi connectivity index (χ0v) is 12.7. The number of piperidine rings is 1. The van der Waals surface area contributed by atoms with E-state index in [4.69, 9.17) is 5.11 Å². The third kappa shape index (κ3) is 3.16. The van der Waals surface area contributed by atoms with Crippen LogP contribution in [-0.2, 0) is 4.79 Å². The van der Waals surface area contributed by atoms with Crippen molar-refractivity contribution < 1.29 is 14.7 Å². The Kier molecular flexibility index (Phi) is 4.09. The fourth-order valence-electron chi connectivity index (χ4n) is 4.28. The van der Waals surface area contributed by atoms with Crippen LogP contribution in [0, 0.1) is 11.3 Å². The molecule has 0 unspecified atom stereocenters. The zero-order chi connectivity index (χ0) is 14.9. The largest absolute Gasteiger partial charge is 0.481 e. The summed E-state index contributed by atoms with van der Waals surface area (Å²) in [7, 11) is 0. The maximum Gasteiger partial charge on any atom is 0.320 e. The Morgan fingerprint density at radius 2 is 1.57 bits per heavy atom. The average Bonchev–Trinajstić information content (AvgIpc) is 2.43. The standard InChI is InChI=1S/C16H26N2O3/c19-14(20)10-13-11-18(12-13)15(21)17-8-6-16(7-9-17)4-2-1-3-5-16/h13H,1-12H2,(H,19,20). The predicted octanol–water partition coefficient (Wildman–Crippen LogP) is 2.56. The van der Waals surface area contributed by atoms with Crippen molar-refractivity contribution in [2.75, 3.05) is 26.2 Å².